The molecule has 7 heteroatoms. The number of nitro benzene ring substituents is 1. The molecule has 0 aliphatic heterocycles. The summed E-state index contributed by atoms with van der Waals surface area (Å²) in [5.41, 5.74) is 0.318. The zero-order valence-electron chi connectivity index (χ0n) is 10.1. The van der Waals surface area contributed by atoms with Gasteiger partial charge in [0.25, 0.3) is 5.69 Å². The van der Waals surface area contributed by atoms with E-state index in [4.69, 9.17) is 0 Å². The van der Waals surface area contributed by atoms with E-state index < -0.39 is 4.92 Å². The van der Waals surface area contributed by atoms with E-state index in [-0.39, 0.29) is 24.2 Å². The number of hydrogen-bond donors (Lipinski definition) is 2. The first-order chi connectivity index (χ1) is 8.40. The predicted octanol–water partition coefficient (Wildman–Crippen LogP) is 2.14. The number of anilines is 1. The number of rotatable bonds is 5. The van der Waals surface area contributed by atoms with E-state index in [1.165, 1.54) is 6.07 Å². The molecule has 1 aromatic carbocycles. The van der Waals surface area contributed by atoms with Crippen LogP contribution in [0.25, 0.3) is 0 Å². The van der Waals surface area contributed by atoms with Crippen LogP contribution in [0.5, 0.6) is 0 Å². The minimum atomic E-state index is -0.467. The monoisotopic (exact) mass is 363 g/mol. The SMILES string of the molecule is CC(C)NC(=O)CNc1ccc(I)cc1[N+](=O)[O-]. The molecule has 0 spiro atoms. The molecule has 1 rings (SSSR count). The van der Waals surface area contributed by atoms with E-state index in [2.05, 4.69) is 10.6 Å². The fourth-order valence-corrected chi connectivity index (χ4v) is 1.83. The summed E-state index contributed by atoms with van der Waals surface area (Å²) in [4.78, 5) is 21.8. The largest absolute Gasteiger partial charge is 0.371 e. The number of nitro groups is 1. The van der Waals surface area contributed by atoms with Crippen molar-refractivity contribution in [3.63, 3.8) is 0 Å². The summed E-state index contributed by atoms with van der Waals surface area (Å²) in [6.07, 6.45) is 0. The number of benzene rings is 1. The number of nitrogens with one attached hydrogen (secondary N) is 2. The van der Waals surface area contributed by atoms with Gasteiger partial charge >= 0.3 is 0 Å². The molecule has 98 valence electrons. The highest BCUT2D eigenvalue weighted by Gasteiger charge is 2.14. The Hall–Kier alpha value is -1.38. The van der Waals surface area contributed by atoms with Gasteiger partial charge < -0.3 is 10.6 Å². The Morgan fingerprint density at radius 1 is 1.50 bits per heavy atom. The van der Waals surface area contributed by atoms with Gasteiger partial charge in [0.1, 0.15) is 5.69 Å². The molecule has 0 aliphatic carbocycles. The van der Waals surface area contributed by atoms with Gasteiger partial charge in [0.15, 0.2) is 0 Å². The molecule has 0 radical (unpaired) electrons. The molecule has 0 saturated heterocycles. The lowest BCUT2D eigenvalue weighted by molar-refractivity contribution is -0.384. The smallest absolute Gasteiger partial charge is 0.293 e. The number of carbonyl (C=O) groups excluding carboxylic acids is 1. The third-order valence-electron chi connectivity index (χ3n) is 2.05. The van der Waals surface area contributed by atoms with Crippen LogP contribution in [0.4, 0.5) is 11.4 Å². The van der Waals surface area contributed by atoms with E-state index in [1.54, 1.807) is 12.1 Å². The first-order valence-electron chi connectivity index (χ1n) is 5.37. The molecular weight excluding hydrogens is 349 g/mol. The zero-order chi connectivity index (χ0) is 13.7. The van der Waals surface area contributed by atoms with Crippen LogP contribution in [0.1, 0.15) is 13.8 Å². The number of carbonyl (C=O) groups is 1. The molecule has 0 atom stereocenters. The van der Waals surface area contributed by atoms with Crippen molar-refractivity contribution in [1.29, 1.82) is 0 Å². The molecule has 0 aliphatic rings. The Labute approximate surface area is 118 Å². The van der Waals surface area contributed by atoms with E-state index in [1.807, 2.05) is 36.4 Å². The molecule has 0 unspecified atom stereocenters. The molecular formula is C11H14IN3O3. The molecule has 6 nitrogen and oxygen atoms in total. The van der Waals surface area contributed by atoms with E-state index in [0.29, 0.717) is 5.69 Å². The van der Waals surface area contributed by atoms with Gasteiger partial charge in [-0.25, -0.2) is 0 Å². The summed E-state index contributed by atoms with van der Waals surface area (Å²) < 4.78 is 0.775. The summed E-state index contributed by atoms with van der Waals surface area (Å²) in [5, 5.41) is 16.3. The summed E-state index contributed by atoms with van der Waals surface area (Å²) in [6.45, 7) is 3.72. The minimum absolute atomic E-state index is 0.0135. The maximum absolute atomic E-state index is 11.4. The van der Waals surface area contributed by atoms with E-state index in [0.717, 1.165) is 3.57 Å². The topological polar surface area (TPSA) is 84.3 Å². The maximum atomic E-state index is 11.4. The normalized spacial score (nSPS) is 10.2. The standard InChI is InChI=1S/C11H14IN3O3/c1-7(2)14-11(16)6-13-9-4-3-8(12)5-10(9)15(17)18/h3-5,7,13H,6H2,1-2H3,(H,14,16). The van der Waals surface area contributed by atoms with Gasteiger partial charge in [-0.1, -0.05) is 0 Å². The Bertz CT molecular complexity index is 463. The Balaban J connectivity index is 2.73. The van der Waals surface area contributed by atoms with Crippen molar-refractivity contribution in [3.8, 4) is 0 Å². The number of amides is 1. The second-order valence-corrected chi connectivity index (χ2v) is 5.24. The second kappa shape index (κ2) is 6.53. The van der Waals surface area contributed by atoms with Crippen LogP contribution in [0.3, 0.4) is 0 Å². The van der Waals surface area contributed by atoms with Crippen LogP contribution < -0.4 is 10.6 Å². The zero-order valence-corrected chi connectivity index (χ0v) is 12.2. The molecule has 1 aromatic rings. The van der Waals surface area contributed by atoms with Crippen LogP contribution in [0.2, 0.25) is 0 Å². The summed E-state index contributed by atoms with van der Waals surface area (Å²) >= 11 is 2.00. The average Bonchev–Trinajstić information content (AvgIpc) is 2.26. The lowest BCUT2D eigenvalue weighted by Crippen LogP contribution is -2.34. The third kappa shape index (κ3) is 4.47. The van der Waals surface area contributed by atoms with Crippen LogP contribution in [0.15, 0.2) is 18.2 Å². The quantitative estimate of drug-likeness (QED) is 0.477. The first-order valence-corrected chi connectivity index (χ1v) is 6.45. The Morgan fingerprint density at radius 3 is 2.72 bits per heavy atom. The van der Waals surface area contributed by atoms with Gasteiger partial charge in [0.05, 0.1) is 11.5 Å². The minimum Gasteiger partial charge on any atom is -0.371 e. The second-order valence-electron chi connectivity index (χ2n) is 3.99. The molecule has 0 bridgehead atoms. The first kappa shape index (κ1) is 14.7. The summed E-state index contributed by atoms with van der Waals surface area (Å²) in [7, 11) is 0. The molecule has 2 N–H and O–H groups in total. The van der Waals surface area contributed by atoms with Crippen molar-refractivity contribution in [2.24, 2.45) is 0 Å². The fraction of sp³-hybridized carbons (Fsp3) is 0.364. The maximum Gasteiger partial charge on any atom is 0.293 e. The van der Waals surface area contributed by atoms with Crippen molar-refractivity contribution in [2.75, 3.05) is 11.9 Å². The van der Waals surface area contributed by atoms with Gasteiger partial charge in [-0.05, 0) is 48.6 Å². The van der Waals surface area contributed by atoms with Crippen LogP contribution in [-0.2, 0) is 4.79 Å². The average molecular weight is 363 g/mol. The number of nitrogens with zero attached hydrogens (tertiary/aromatic N) is 1. The molecule has 0 fully saturated rings. The van der Waals surface area contributed by atoms with Crippen LogP contribution in [0, 0.1) is 13.7 Å². The third-order valence-corrected chi connectivity index (χ3v) is 2.72. The van der Waals surface area contributed by atoms with Gasteiger partial charge in [-0.2, -0.15) is 0 Å². The lowest BCUT2D eigenvalue weighted by atomic mass is 10.2. The van der Waals surface area contributed by atoms with E-state index >= 15 is 0 Å². The van der Waals surface area contributed by atoms with Crippen molar-refractivity contribution in [3.05, 3.63) is 31.9 Å². The van der Waals surface area contributed by atoms with Crippen molar-refractivity contribution in [2.45, 2.75) is 19.9 Å². The molecule has 0 heterocycles. The van der Waals surface area contributed by atoms with Gasteiger partial charge in [0.2, 0.25) is 5.91 Å². The molecule has 18 heavy (non-hydrogen) atoms. The highest BCUT2D eigenvalue weighted by molar-refractivity contribution is 14.1. The number of halogens is 1. The summed E-state index contributed by atoms with van der Waals surface area (Å²) in [5.74, 6) is -0.196. The van der Waals surface area contributed by atoms with Gasteiger partial charge in [-0.15, -0.1) is 0 Å². The van der Waals surface area contributed by atoms with Crippen LogP contribution in [-0.4, -0.2) is 23.4 Å². The highest BCUT2D eigenvalue weighted by atomic mass is 127. The Morgan fingerprint density at radius 2 is 2.17 bits per heavy atom. The van der Waals surface area contributed by atoms with Gasteiger partial charge in [-0.3, -0.25) is 14.9 Å². The Kier molecular flexibility index (Phi) is 5.32. The van der Waals surface area contributed by atoms with Crippen molar-refractivity contribution in [1.82, 2.24) is 5.32 Å². The summed E-state index contributed by atoms with van der Waals surface area (Å²) in [6, 6.07) is 4.85. The van der Waals surface area contributed by atoms with Crippen molar-refractivity contribution >= 4 is 39.9 Å². The molecule has 0 saturated carbocycles. The highest BCUT2D eigenvalue weighted by Crippen LogP contribution is 2.25. The molecule has 1 amide bonds. The lowest BCUT2D eigenvalue weighted by Gasteiger charge is -2.10. The van der Waals surface area contributed by atoms with E-state index in [9.17, 15) is 14.9 Å². The number of hydrogen-bond acceptors (Lipinski definition) is 4. The van der Waals surface area contributed by atoms with Gasteiger partial charge in [0, 0.05) is 15.7 Å². The van der Waals surface area contributed by atoms with Crippen LogP contribution >= 0.6 is 22.6 Å². The molecule has 0 aromatic heterocycles. The van der Waals surface area contributed by atoms with Crippen molar-refractivity contribution < 1.29 is 9.72 Å². The fourth-order valence-electron chi connectivity index (χ4n) is 1.35. The predicted molar refractivity (Wildman–Crippen MR) is 77.6 cm³/mol.